The van der Waals surface area contributed by atoms with Gasteiger partial charge in [0.05, 0.1) is 18.6 Å². The Morgan fingerprint density at radius 1 is 1.43 bits per heavy atom. The highest BCUT2D eigenvalue weighted by Gasteiger charge is 2.22. The molecular formula is C15H22N2O4. The second kappa shape index (κ2) is 7.38. The van der Waals surface area contributed by atoms with E-state index in [1.165, 1.54) is 13.5 Å². The molecule has 2 rings (SSSR count). The van der Waals surface area contributed by atoms with Crippen LogP contribution in [-0.2, 0) is 6.54 Å². The molecule has 1 atom stereocenters. The van der Waals surface area contributed by atoms with E-state index in [9.17, 15) is 15.2 Å². The van der Waals surface area contributed by atoms with Crippen molar-refractivity contribution in [3.05, 3.63) is 33.9 Å². The molecule has 116 valence electrons. The van der Waals surface area contributed by atoms with E-state index in [2.05, 4.69) is 4.90 Å². The highest BCUT2D eigenvalue weighted by atomic mass is 16.6. The number of hydrogen-bond acceptors (Lipinski definition) is 5. The first-order chi connectivity index (χ1) is 10.2. The van der Waals surface area contributed by atoms with E-state index >= 15 is 0 Å². The molecule has 1 aliphatic heterocycles. The van der Waals surface area contributed by atoms with E-state index in [1.807, 2.05) is 6.07 Å². The number of aliphatic hydroxyl groups is 1. The van der Waals surface area contributed by atoms with Gasteiger partial charge in [0.1, 0.15) is 0 Å². The minimum Gasteiger partial charge on any atom is -0.490 e. The van der Waals surface area contributed by atoms with E-state index in [4.69, 9.17) is 4.74 Å². The predicted molar refractivity (Wildman–Crippen MR) is 79.4 cm³/mol. The van der Waals surface area contributed by atoms with Gasteiger partial charge in [0.15, 0.2) is 5.75 Å². The zero-order valence-electron chi connectivity index (χ0n) is 12.3. The van der Waals surface area contributed by atoms with Crippen LogP contribution in [0.15, 0.2) is 18.2 Å². The average molecular weight is 294 g/mol. The number of benzene rings is 1. The van der Waals surface area contributed by atoms with Crippen LogP contribution in [-0.4, -0.2) is 41.2 Å². The summed E-state index contributed by atoms with van der Waals surface area (Å²) >= 11 is 0. The molecule has 0 amide bonds. The normalized spacial score (nSPS) is 20.0. The molecule has 0 spiro atoms. The predicted octanol–water partition coefficient (Wildman–Crippen LogP) is 2.34. The van der Waals surface area contributed by atoms with Crippen molar-refractivity contribution in [1.82, 2.24) is 4.90 Å². The third-order valence-corrected chi connectivity index (χ3v) is 4.04. The number of methoxy groups -OCH3 is 1. The zero-order chi connectivity index (χ0) is 15.2. The first-order valence-corrected chi connectivity index (χ1v) is 7.32. The van der Waals surface area contributed by atoms with Gasteiger partial charge in [-0.1, -0.05) is 18.9 Å². The molecule has 0 aromatic heterocycles. The standard InChI is InChI=1S/C15H22N2O4/c1-21-15-7-6-12(9-14(15)17(19)20)10-16-8-4-2-3-5-13(16)11-18/h6-7,9,13,18H,2-5,8,10-11H2,1H3. The summed E-state index contributed by atoms with van der Waals surface area (Å²) in [6, 6.07) is 5.20. The fraction of sp³-hybridized carbons (Fsp3) is 0.600. The molecule has 21 heavy (non-hydrogen) atoms. The van der Waals surface area contributed by atoms with Gasteiger partial charge in [-0.05, 0) is 31.0 Å². The smallest absolute Gasteiger partial charge is 0.311 e. The second-order valence-corrected chi connectivity index (χ2v) is 5.42. The number of nitro groups is 1. The Morgan fingerprint density at radius 3 is 2.90 bits per heavy atom. The van der Waals surface area contributed by atoms with Crippen molar-refractivity contribution in [2.45, 2.75) is 38.3 Å². The Labute approximate surface area is 124 Å². The third kappa shape index (κ3) is 3.92. The summed E-state index contributed by atoms with van der Waals surface area (Å²) in [6.07, 6.45) is 4.39. The largest absolute Gasteiger partial charge is 0.490 e. The lowest BCUT2D eigenvalue weighted by atomic mass is 10.1. The Hall–Kier alpha value is -1.66. The van der Waals surface area contributed by atoms with Gasteiger partial charge < -0.3 is 9.84 Å². The number of rotatable bonds is 5. The average Bonchev–Trinajstić information content (AvgIpc) is 2.72. The van der Waals surface area contributed by atoms with Gasteiger partial charge in [-0.2, -0.15) is 0 Å². The summed E-state index contributed by atoms with van der Waals surface area (Å²) < 4.78 is 5.02. The highest BCUT2D eigenvalue weighted by Crippen LogP contribution is 2.29. The number of likely N-dealkylation sites (tertiary alicyclic amines) is 1. The van der Waals surface area contributed by atoms with E-state index < -0.39 is 4.92 Å². The van der Waals surface area contributed by atoms with Crippen LogP contribution in [0.25, 0.3) is 0 Å². The molecule has 1 aliphatic rings. The summed E-state index contributed by atoms with van der Waals surface area (Å²) in [4.78, 5) is 12.9. The monoisotopic (exact) mass is 294 g/mol. The minimum absolute atomic E-state index is 0.00892. The summed E-state index contributed by atoms with van der Waals surface area (Å²) in [5.74, 6) is 0.276. The molecule has 1 saturated heterocycles. The number of aliphatic hydroxyl groups excluding tert-OH is 1. The van der Waals surface area contributed by atoms with Crippen molar-refractivity contribution in [1.29, 1.82) is 0 Å². The Balaban J connectivity index is 2.17. The number of nitro benzene ring substituents is 1. The maximum Gasteiger partial charge on any atom is 0.311 e. The van der Waals surface area contributed by atoms with Crippen LogP contribution in [0, 0.1) is 10.1 Å². The third-order valence-electron chi connectivity index (χ3n) is 4.04. The molecule has 0 radical (unpaired) electrons. The topological polar surface area (TPSA) is 75.8 Å². The van der Waals surface area contributed by atoms with Gasteiger partial charge in [0.25, 0.3) is 0 Å². The fourth-order valence-corrected chi connectivity index (χ4v) is 2.86. The molecule has 6 heteroatoms. The zero-order valence-corrected chi connectivity index (χ0v) is 12.3. The summed E-state index contributed by atoms with van der Waals surface area (Å²) in [5, 5.41) is 20.6. The van der Waals surface area contributed by atoms with Gasteiger partial charge >= 0.3 is 5.69 Å². The van der Waals surface area contributed by atoms with Crippen LogP contribution in [0.1, 0.15) is 31.2 Å². The molecule has 1 heterocycles. The first kappa shape index (κ1) is 15.7. The maximum atomic E-state index is 11.1. The highest BCUT2D eigenvalue weighted by molar-refractivity contribution is 5.48. The molecule has 0 aliphatic carbocycles. The lowest BCUT2D eigenvalue weighted by Crippen LogP contribution is -2.36. The van der Waals surface area contributed by atoms with Crippen molar-refractivity contribution in [3.63, 3.8) is 0 Å². The Bertz CT molecular complexity index is 493. The van der Waals surface area contributed by atoms with E-state index in [1.54, 1.807) is 12.1 Å². The van der Waals surface area contributed by atoms with Crippen LogP contribution < -0.4 is 4.74 Å². The number of ether oxygens (including phenoxy) is 1. The minimum atomic E-state index is -0.422. The second-order valence-electron chi connectivity index (χ2n) is 5.42. The molecular weight excluding hydrogens is 272 g/mol. The Kier molecular flexibility index (Phi) is 5.52. The van der Waals surface area contributed by atoms with Crippen LogP contribution in [0.3, 0.4) is 0 Å². The van der Waals surface area contributed by atoms with Gasteiger partial charge in [0, 0.05) is 18.7 Å². The molecule has 1 aromatic rings. The summed E-state index contributed by atoms with van der Waals surface area (Å²) in [5.41, 5.74) is 0.869. The van der Waals surface area contributed by atoms with E-state index in [-0.39, 0.29) is 24.1 Å². The van der Waals surface area contributed by atoms with E-state index in [0.29, 0.717) is 6.54 Å². The van der Waals surface area contributed by atoms with Gasteiger partial charge in [-0.3, -0.25) is 15.0 Å². The first-order valence-electron chi connectivity index (χ1n) is 7.32. The number of hydrogen-bond donors (Lipinski definition) is 1. The fourth-order valence-electron chi connectivity index (χ4n) is 2.86. The SMILES string of the molecule is COc1ccc(CN2CCCCCC2CO)cc1[N+](=O)[O-]. The van der Waals surface area contributed by atoms with Gasteiger partial charge in [0.2, 0.25) is 0 Å². The van der Waals surface area contributed by atoms with Crippen LogP contribution in [0.5, 0.6) is 5.75 Å². The van der Waals surface area contributed by atoms with Crippen LogP contribution in [0.4, 0.5) is 5.69 Å². The van der Waals surface area contributed by atoms with Gasteiger partial charge in [-0.15, -0.1) is 0 Å². The lowest BCUT2D eigenvalue weighted by molar-refractivity contribution is -0.385. The van der Waals surface area contributed by atoms with Crippen molar-refractivity contribution in [3.8, 4) is 5.75 Å². The maximum absolute atomic E-state index is 11.1. The quantitative estimate of drug-likeness (QED) is 0.666. The van der Waals surface area contributed by atoms with Crippen molar-refractivity contribution in [2.24, 2.45) is 0 Å². The lowest BCUT2D eigenvalue weighted by Gasteiger charge is -2.28. The van der Waals surface area contributed by atoms with Crippen molar-refractivity contribution >= 4 is 5.69 Å². The van der Waals surface area contributed by atoms with Crippen LogP contribution >= 0.6 is 0 Å². The molecule has 1 aromatic carbocycles. The van der Waals surface area contributed by atoms with E-state index in [0.717, 1.165) is 31.4 Å². The van der Waals surface area contributed by atoms with Gasteiger partial charge in [-0.25, -0.2) is 0 Å². The van der Waals surface area contributed by atoms with Crippen molar-refractivity contribution < 1.29 is 14.8 Å². The van der Waals surface area contributed by atoms with Crippen molar-refractivity contribution in [2.75, 3.05) is 20.3 Å². The van der Waals surface area contributed by atoms with Crippen LogP contribution in [0.2, 0.25) is 0 Å². The molecule has 1 fully saturated rings. The molecule has 0 saturated carbocycles. The summed E-state index contributed by atoms with van der Waals surface area (Å²) in [7, 11) is 1.43. The molecule has 6 nitrogen and oxygen atoms in total. The summed E-state index contributed by atoms with van der Waals surface area (Å²) in [6.45, 7) is 1.68. The Morgan fingerprint density at radius 2 is 2.24 bits per heavy atom. The molecule has 1 unspecified atom stereocenters. The number of nitrogens with zero attached hydrogens (tertiary/aromatic N) is 2. The molecule has 0 bridgehead atoms. The molecule has 1 N–H and O–H groups in total.